The highest BCUT2D eigenvalue weighted by atomic mass is 79.9. The first kappa shape index (κ1) is 50.1. The SMILES string of the molecule is Cc1c(-c2ccccc2S(C)(=O)=O)nc2cc(F)ccc2c1N1CC(C)(C)c2ncc(Br)cc21.Cc1c(-c2ccccc2S(C)(=O)=O)nc2cc(F)ccc2c1N1CC(C)(C)c2ncc(N3CCOCC3)cc21. The molecule has 4 aromatic carbocycles. The molecule has 1 saturated heterocycles. The second-order valence-corrected chi connectivity index (χ2v) is 25.2. The fraction of sp³-hybridized carbons (Fsp3) is 0.286. The van der Waals surface area contributed by atoms with Crippen LogP contribution in [0.5, 0.6) is 0 Å². The lowest BCUT2D eigenvalue weighted by molar-refractivity contribution is 0.122. The number of fused-ring (bicyclic) bond motifs is 4. The van der Waals surface area contributed by atoms with Gasteiger partial charge in [0, 0.05) is 94.2 Å². The number of hydrogen-bond donors (Lipinski definition) is 0. The average molecular weight is 1090 g/mol. The second-order valence-electron chi connectivity index (χ2n) is 20.3. The summed E-state index contributed by atoms with van der Waals surface area (Å²) in [5.41, 5.74) is 10.9. The number of aromatic nitrogens is 4. The first-order valence-corrected chi connectivity index (χ1v) is 28.4. The van der Waals surface area contributed by atoms with E-state index in [9.17, 15) is 25.6 Å². The predicted molar refractivity (Wildman–Crippen MR) is 289 cm³/mol. The Kier molecular flexibility index (Phi) is 12.7. The third-order valence-corrected chi connectivity index (χ3v) is 16.7. The van der Waals surface area contributed by atoms with Gasteiger partial charge < -0.3 is 19.4 Å². The maximum absolute atomic E-state index is 14.5. The monoisotopic (exact) mass is 1090 g/mol. The van der Waals surface area contributed by atoms with Crippen molar-refractivity contribution in [3.8, 4) is 22.5 Å². The van der Waals surface area contributed by atoms with Gasteiger partial charge in [-0.2, -0.15) is 0 Å². The zero-order valence-corrected chi connectivity index (χ0v) is 45.0. The highest BCUT2D eigenvalue weighted by Crippen LogP contribution is 2.51. The van der Waals surface area contributed by atoms with Gasteiger partial charge in [0.15, 0.2) is 19.7 Å². The molecule has 3 aliphatic heterocycles. The minimum Gasteiger partial charge on any atom is -0.378 e. The van der Waals surface area contributed by atoms with E-state index in [0.29, 0.717) is 59.9 Å². The van der Waals surface area contributed by atoms with Crippen LogP contribution in [-0.2, 0) is 35.2 Å². The van der Waals surface area contributed by atoms with E-state index in [4.69, 9.17) is 24.7 Å². The van der Waals surface area contributed by atoms with Crippen LogP contribution in [0.25, 0.3) is 44.3 Å². The first-order chi connectivity index (χ1) is 34.5. The van der Waals surface area contributed by atoms with E-state index in [-0.39, 0.29) is 20.6 Å². The minimum absolute atomic E-state index is 0.193. The summed E-state index contributed by atoms with van der Waals surface area (Å²) in [6, 6.07) is 27.1. The molecule has 12 nitrogen and oxygen atoms in total. The Morgan fingerprint density at radius 2 is 1.04 bits per heavy atom. The second kappa shape index (κ2) is 18.5. The molecule has 0 amide bonds. The molecule has 1 fully saturated rings. The maximum Gasteiger partial charge on any atom is 0.176 e. The molecule has 4 aromatic heterocycles. The zero-order valence-electron chi connectivity index (χ0n) is 41.8. The molecule has 0 radical (unpaired) electrons. The summed E-state index contributed by atoms with van der Waals surface area (Å²) in [4.78, 5) is 26.3. The number of hydrogen-bond acceptors (Lipinski definition) is 12. The van der Waals surface area contributed by atoms with Gasteiger partial charge in [0.25, 0.3) is 0 Å². The molecule has 376 valence electrons. The lowest BCUT2D eigenvalue weighted by Gasteiger charge is -2.30. The molecule has 0 atom stereocenters. The molecule has 0 unspecified atom stereocenters. The Labute approximate surface area is 433 Å². The molecule has 0 saturated carbocycles. The van der Waals surface area contributed by atoms with Gasteiger partial charge in [-0.15, -0.1) is 0 Å². The number of nitrogens with zero attached hydrogens (tertiary/aromatic N) is 7. The number of morpholine rings is 1. The quantitative estimate of drug-likeness (QED) is 0.150. The van der Waals surface area contributed by atoms with E-state index in [0.717, 1.165) is 79.3 Å². The summed E-state index contributed by atoms with van der Waals surface area (Å²) < 4.78 is 85.8. The third-order valence-electron chi connectivity index (χ3n) is 14.0. The van der Waals surface area contributed by atoms with Crippen molar-refractivity contribution in [3.63, 3.8) is 0 Å². The summed E-state index contributed by atoms with van der Waals surface area (Å²) in [5, 5.41) is 1.60. The molecule has 17 heteroatoms. The zero-order chi connectivity index (χ0) is 51.9. The van der Waals surface area contributed by atoms with Gasteiger partial charge >= 0.3 is 0 Å². The van der Waals surface area contributed by atoms with Crippen molar-refractivity contribution in [2.24, 2.45) is 0 Å². The Balaban J connectivity index is 0.000000169. The van der Waals surface area contributed by atoms with Crippen LogP contribution in [0, 0.1) is 25.5 Å². The molecule has 73 heavy (non-hydrogen) atoms. The third kappa shape index (κ3) is 9.22. The first-order valence-electron chi connectivity index (χ1n) is 23.8. The highest BCUT2D eigenvalue weighted by Gasteiger charge is 2.41. The van der Waals surface area contributed by atoms with Crippen LogP contribution >= 0.6 is 15.9 Å². The van der Waals surface area contributed by atoms with Crippen molar-refractivity contribution in [1.29, 1.82) is 0 Å². The molecule has 0 bridgehead atoms. The summed E-state index contributed by atoms with van der Waals surface area (Å²) in [5.74, 6) is -0.797. The topological polar surface area (TPSA) is 139 Å². The maximum atomic E-state index is 14.5. The van der Waals surface area contributed by atoms with E-state index >= 15 is 0 Å². The van der Waals surface area contributed by atoms with Gasteiger partial charge in [0.1, 0.15) is 11.6 Å². The molecular formula is C56H54BrF2N7O5S2. The van der Waals surface area contributed by atoms with Crippen LogP contribution in [0.15, 0.2) is 124 Å². The number of pyridine rings is 4. The molecular weight excluding hydrogens is 1030 g/mol. The standard InChI is InChI=1S/C30H31FN4O3S.C26H23BrFN3O2S/c1-19-27(23-7-5-6-8-26(23)39(4,36)37)33-24-15-20(31)9-10-22(24)28(19)35-18-30(2,3)29-25(35)16-21(17-32-29)34-11-13-38-14-12-34;1-15-23(19-7-5-6-8-22(19)34(4,32)33)30-20-12-17(28)9-10-18(20)24(15)31-14-26(2,3)25-21(31)11-16(27)13-29-25/h5-10,15-17H,11-14,18H2,1-4H3;5-13H,14H2,1-4H3. The molecule has 3 aliphatic rings. The lowest BCUT2D eigenvalue weighted by atomic mass is 9.91. The van der Waals surface area contributed by atoms with Crippen molar-refractivity contribution in [3.05, 3.63) is 148 Å². The normalized spacial score (nSPS) is 16.1. The fourth-order valence-corrected chi connectivity index (χ4v) is 12.8. The minimum atomic E-state index is -3.53. The van der Waals surface area contributed by atoms with Crippen LogP contribution in [0.1, 0.15) is 50.2 Å². The number of halogens is 3. The summed E-state index contributed by atoms with van der Waals surface area (Å²) in [6.07, 6.45) is 6.12. The average Bonchev–Trinajstić information content (AvgIpc) is 3.77. The Bertz CT molecular complexity index is 3790. The van der Waals surface area contributed by atoms with E-state index in [1.807, 2.05) is 26.1 Å². The van der Waals surface area contributed by atoms with Gasteiger partial charge in [-0.05, 0) is 89.4 Å². The van der Waals surface area contributed by atoms with Gasteiger partial charge in [-0.3, -0.25) is 9.97 Å². The van der Waals surface area contributed by atoms with E-state index in [1.54, 1.807) is 66.9 Å². The number of ether oxygens (including phenoxy) is 1. The molecule has 7 heterocycles. The van der Waals surface area contributed by atoms with Crippen LogP contribution in [-0.4, -0.2) is 88.7 Å². The predicted octanol–water partition coefficient (Wildman–Crippen LogP) is 11.8. The lowest BCUT2D eigenvalue weighted by Crippen LogP contribution is -2.36. The number of sulfone groups is 2. The van der Waals surface area contributed by atoms with Crippen LogP contribution in [0.2, 0.25) is 0 Å². The van der Waals surface area contributed by atoms with Gasteiger partial charge in [-0.1, -0.05) is 64.1 Å². The number of benzene rings is 4. The van der Waals surface area contributed by atoms with Crippen molar-refractivity contribution in [2.75, 3.05) is 66.6 Å². The molecule has 0 spiro atoms. The van der Waals surface area contributed by atoms with Gasteiger partial charge in [-0.25, -0.2) is 35.6 Å². The van der Waals surface area contributed by atoms with Crippen LogP contribution < -0.4 is 14.7 Å². The molecule has 11 rings (SSSR count). The van der Waals surface area contributed by atoms with E-state index in [2.05, 4.69) is 64.4 Å². The van der Waals surface area contributed by atoms with Crippen molar-refractivity contribution in [1.82, 2.24) is 19.9 Å². The van der Waals surface area contributed by atoms with Crippen molar-refractivity contribution in [2.45, 2.75) is 62.2 Å². The smallest absolute Gasteiger partial charge is 0.176 e. The summed E-state index contributed by atoms with van der Waals surface area (Å²) in [6.45, 7) is 16.8. The van der Waals surface area contributed by atoms with E-state index < -0.39 is 31.3 Å². The Hall–Kier alpha value is -6.40. The molecule has 8 aromatic rings. The summed E-state index contributed by atoms with van der Waals surface area (Å²) in [7, 11) is -7.04. The fourth-order valence-electron chi connectivity index (χ4n) is 10.7. The van der Waals surface area contributed by atoms with Crippen LogP contribution in [0.3, 0.4) is 0 Å². The van der Waals surface area contributed by atoms with Crippen molar-refractivity contribution < 1.29 is 30.4 Å². The van der Waals surface area contributed by atoms with Crippen LogP contribution in [0.4, 0.5) is 37.2 Å². The molecule has 0 aliphatic carbocycles. The Morgan fingerprint density at radius 1 is 0.603 bits per heavy atom. The highest BCUT2D eigenvalue weighted by molar-refractivity contribution is 9.10. The largest absolute Gasteiger partial charge is 0.378 e. The Morgan fingerprint density at radius 3 is 1.51 bits per heavy atom. The van der Waals surface area contributed by atoms with Crippen molar-refractivity contribution >= 4 is 85.8 Å². The number of rotatable bonds is 7. The van der Waals surface area contributed by atoms with E-state index in [1.165, 1.54) is 36.8 Å². The number of anilines is 5. The van der Waals surface area contributed by atoms with Gasteiger partial charge in [0.2, 0.25) is 0 Å². The molecule has 0 N–H and O–H groups in total. The van der Waals surface area contributed by atoms with Gasteiger partial charge in [0.05, 0.1) is 91.4 Å². The summed E-state index contributed by atoms with van der Waals surface area (Å²) >= 11 is 3.55.